The highest BCUT2D eigenvalue weighted by molar-refractivity contribution is 5.96. The highest BCUT2D eigenvalue weighted by Gasteiger charge is 2.59. The van der Waals surface area contributed by atoms with Gasteiger partial charge in [-0.05, 0) is 93.6 Å². The number of carbonyl (C=O) groups excluding carboxylic acids is 1. The molecule has 1 aromatic carbocycles. The van der Waals surface area contributed by atoms with E-state index in [1.807, 2.05) is 0 Å². The summed E-state index contributed by atoms with van der Waals surface area (Å²) in [6.07, 6.45) is 9.46. The van der Waals surface area contributed by atoms with E-state index >= 15 is 4.39 Å². The van der Waals surface area contributed by atoms with Crippen molar-refractivity contribution < 1.29 is 19.0 Å². The lowest BCUT2D eigenvalue weighted by Gasteiger charge is -2.56. The van der Waals surface area contributed by atoms with Crippen molar-refractivity contribution in [3.63, 3.8) is 0 Å². The molecule has 182 valence electrons. The van der Waals surface area contributed by atoms with Gasteiger partial charge >= 0.3 is 0 Å². The van der Waals surface area contributed by atoms with Gasteiger partial charge in [0.1, 0.15) is 11.6 Å². The van der Waals surface area contributed by atoms with Crippen molar-refractivity contribution in [2.24, 2.45) is 35.0 Å². The normalized spacial score (nSPS) is 40.4. The Morgan fingerprint density at radius 1 is 1.21 bits per heavy atom. The van der Waals surface area contributed by atoms with Crippen LogP contribution in [0, 0.1) is 40.8 Å². The Bertz CT molecular complexity index is 1020. The summed E-state index contributed by atoms with van der Waals surface area (Å²) in [5, 5.41) is 10.3. The maximum absolute atomic E-state index is 15.4. The van der Waals surface area contributed by atoms with Crippen LogP contribution in [0.4, 0.5) is 4.39 Å². The van der Waals surface area contributed by atoms with E-state index in [1.54, 1.807) is 17.9 Å². The summed E-state index contributed by atoms with van der Waals surface area (Å²) in [6.45, 7) is 7.00. The SMILES string of the molecule is C=C1[C@H]2[C@@H]1CN(C(=O)c1cc(C3CC3)c(OCC34CC5CC(CC(C5)C3)C4)cc1F)[C@@H]2C(C)O. The minimum absolute atomic E-state index is 0.126. The molecule has 0 radical (unpaired) electrons. The molecule has 6 saturated carbocycles. The van der Waals surface area contributed by atoms with Crippen molar-refractivity contribution in [2.75, 3.05) is 13.2 Å². The van der Waals surface area contributed by atoms with Gasteiger partial charge in [-0.25, -0.2) is 4.39 Å². The van der Waals surface area contributed by atoms with Crippen LogP contribution in [0.15, 0.2) is 24.3 Å². The molecule has 1 aromatic rings. The van der Waals surface area contributed by atoms with Crippen LogP contribution < -0.4 is 4.74 Å². The van der Waals surface area contributed by atoms with Crippen LogP contribution in [0.3, 0.4) is 0 Å². The number of ether oxygens (including phenoxy) is 1. The molecule has 4 bridgehead atoms. The van der Waals surface area contributed by atoms with Crippen LogP contribution in [0.1, 0.15) is 80.1 Å². The molecule has 7 aliphatic rings. The number of likely N-dealkylation sites (tertiary alicyclic amines) is 1. The van der Waals surface area contributed by atoms with E-state index in [9.17, 15) is 9.90 Å². The smallest absolute Gasteiger partial charge is 0.257 e. The highest BCUT2D eigenvalue weighted by atomic mass is 19.1. The quantitative estimate of drug-likeness (QED) is 0.580. The van der Waals surface area contributed by atoms with Gasteiger partial charge in [-0.2, -0.15) is 0 Å². The zero-order valence-corrected chi connectivity index (χ0v) is 20.1. The number of aliphatic hydroxyl groups is 1. The van der Waals surface area contributed by atoms with E-state index in [2.05, 4.69) is 6.58 Å². The molecule has 0 spiro atoms. The van der Waals surface area contributed by atoms with E-state index < -0.39 is 11.9 Å². The lowest BCUT2D eigenvalue weighted by atomic mass is 9.50. The number of halogens is 1. The Hall–Kier alpha value is -1.88. The number of hydrogen-bond acceptors (Lipinski definition) is 3. The fraction of sp³-hybridized carbons (Fsp3) is 0.690. The van der Waals surface area contributed by atoms with E-state index in [4.69, 9.17) is 4.74 Å². The molecule has 1 unspecified atom stereocenters. The van der Waals surface area contributed by atoms with Gasteiger partial charge in [-0.1, -0.05) is 12.2 Å². The molecule has 8 rings (SSSR count). The van der Waals surface area contributed by atoms with Gasteiger partial charge in [0.05, 0.1) is 24.3 Å². The van der Waals surface area contributed by atoms with Gasteiger partial charge in [0, 0.05) is 29.9 Å². The van der Waals surface area contributed by atoms with Crippen LogP contribution in [-0.4, -0.2) is 41.2 Å². The number of aliphatic hydroxyl groups excluding tert-OH is 1. The number of rotatable bonds is 6. The average molecular weight is 466 g/mol. The summed E-state index contributed by atoms with van der Waals surface area (Å²) in [6, 6.07) is 2.94. The number of nitrogens with zero attached hydrogens (tertiary/aromatic N) is 1. The van der Waals surface area contributed by atoms with Crippen LogP contribution in [0.5, 0.6) is 5.75 Å². The van der Waals surface area contributed by atoms with Crippen LogP contribution in [0.2, 0.25) is 0 Å². The first-order valence-electron chi connectivity index (χ1n) is 13.5. The van der Waals surface area contributed by atoms with Gasteiger partial charge in [0.15, 0.2) is 0 Å². The zero-order valence-electron chi connectivity index (χ0n) is 20.1. The fourth-order valence-corrected chi connectivity index (χ4v) is 8.82. The second-order valence-electron chi connectivity index (χ2n) is 12.7. The summed E-state index contributed by atoms with van der Waals surface area (Å²) in [5.41, 5.74) is 2.50. The summed E-state index contributed by atoms with van der Waals surface area (Å²) < 4.78 is 21.9. The van der Waals surface area contributed by atoms with Gasteiger partial charge < -0.3 is 14.7 Å². The molecule has 1 amide bonds. The first-order valence-corrected chi connectivity index (χ1v) is 13.5. The Morgan fingerprint density at radius 3 is 2.44 bits per heavy atom. The molecule has 7 fully saturated rings. The van der Waals surface area contributed by atoms with E-state index in [1.165, 1.54) is 44.6 Å². The first kappa shape index (κ1) is 21.4. The number of hydrogen-bond donors (Lipinski definition) is 1. The molecule has 5 heteroatoms. The third-order valence-electron chi connectivity index (χ3n) is 10.2. The van der Waals surface area contributed by atoms with Crippen molar-refractivity contribution in [3.8, 4) is 5.75 Å². The lowest BCUT2D eigenvalue weighted by molar-refractivity contribution is -0.0747. The Morgan fingerprint density at radius 2 is 1.85 bits per heavy atom. The van der Waals surface area contributed by atoms with E-state index in [-0.39, 0.29) is 34.8 Å². The number of amides is 1. The van der Waals surface area contributed by atoms with Crippen molar-refractivity contribution in [2.45, 2.75) is 76.4 Å². The van der Waals surface area contributed by atoms with Gasteiger partial charge in [0.2, 0.25) is 0 Å². The summed E-state index contributed by atoms with van der Waals surface area (Å²) in [7, 11) is 0. The minimum Gasteiger partial charge on any atom is -0.493 e. The first-order chi connectivity index (χ1) is 16.3. The fourth-order valence-electron chi connectivity index (χ4n) is 8.82. The molecule has 1 saturated heterocycles. The van der Waals surface area contributed by atoms with Crippen molar-refractivity contribution in [3.05, 3.63) is 41.2 Å². The van der Waals surface area contributed by atoms with E-state index in [0.29, 0.717) is 24.8 Å². The molecule has 4 nitrogen and oxygen atoms in total. The minimum atomic E-state index is -0.660. The standard InChI is InChI=1S/C29H36FNO3/c1-15-23-13-31(27(16(2)32)26(15)23)28(33)22-8-21(20-3-4-20)25(9-24(22)30)34-14-29-10-17-5-18(11-29)7-19(6-17)12-29/h8-9,16-20,23,26-27,32H,1,3-7,10-14H2,2H3/t16?,17?,18?,19?,23-,26+,27-,29?/m1/s1. The predicted octanol–water partition coefficient (Wildman–Crippen LogP) is 5.31. The Labute approximate surface area is 201 Å². The zero-order chi connectivity index (χ0) is 23.4. The molecule has 6 aliphatic carbocycles. The topological polar surface area (TPSA) is 49.8 Å². The van der Waals surface area contributed by atoms with Crippen molar-refractivity contribution in [1.29, 1.82) is 0 Å². The third kappa shape index (κ3) is 3.29. The Balaban J connectivity index is 1.14. The maximum atomic E-state index is 15.4. The van der Waals surface area contributed by atoms with Gasteiger partial charge in [-0.15, -0.1) is 0 Å². The van der Waals surface area contributed by atoms with Crippen molar-refractivity contribution in [1.82, 2.24) is 4.90 Å². The number of fused-ring (bicyclic) bond motifs is 1. The van der Waals surface area contributed by atoms with Crippen LogP contribution in [0.25, 0.3) is 0 Å². The largest absolute Gasteiger partial charge is 0.493 e. The second kappa shape index (κ2) is 7.32. The average Bonchev–Trinajstić information content (AvgIpc) is 3.68. The number of piperidine rings is 1. The number of benzene rings is 1. The predicted molar refractivity (Wildman–Crippen MR) is 127 cm³/mol. The molecular formula is C29H36FNO3. The monoisotopic (exact) mass is 465 g/mol. The molecule has 34 heavy (non-hydrogen) atoms. The summed E-state index contributed by atoms with van der Waals surface area (Å²) >= 11 is 0. The van der Waals surface area contributed by atoms with E-state index in [0.717, 1.165) is 41.7 Å². The molecule has 0 aromatic heterocycles. The molecule has 4 atom stereocenters. The Kier molecular flexibility index (Phi) is 4.61. The number of carbonyl (C=O) groups is 1. The van der Waals surface area contributed by atoms with Gasteiger partial charge in [0.25, 0.3) is 5.91 Å². The maximum Gasteiger partial charge on any atom is 0.257 e. The molecule has 1 aliphatic heterocycles. The second-order valence-corrected chi connectivity index (χ2v) is 12.7. The third-order valence-corrected chi connectivity index (χ3v) is 10.2. The molecule has 1 N–H and O–H groups in total. The van der Waals surface area contributed by atoms with Crippen LogP contribution >= 0.6 is 0 Å². The van der Waals surface area contributed by atoms with Gasteiger partial charge in [-0.3, -0.25) is 4.79 Å². The molecular weight excluding hydrogens is 429 g/mol. The summed E-state index contributed by atoms with van der Waals surface area (Å²) in [5.74, 6) is 3.18. The molecule has 1 heterocycles. The van der Waals surface area contributed by atoms with Crippen LogP contribution in [-0.2, 0) is 0 Å². The van der Waals surface area contributed by atoms with Crippen molar-refractivity contribution >= 4 is 5.91 Å². The summed E-state index contributed by atoms with van der Waals surface area (Å²) in [4.78, 5) is 15.1. The lowest BCUT2D eigenvalue weighted by Crippen LogP contribution is -2.48. The highest BCUT2D eigenvalue weighted by Crippen LogP contribution is 2.60.